The summed E-state index contributed by atoms with van der Waals surface area (Å²) in [5.74, 6) is -0.569. The molecule has 2 aromatic carbocycles. The SMILES string of the molecule is CCCCn1cc(C(=O)NCc2cccc(Br)c2)c(=O)n(-c2cccc(C#N)c2)c1=O. The van der Waals surface area contributed by atoms with E-state index in [2.05, 4.69) is 21.2 Å². The first-order valence-corrected chi connectivity index (χ1v) is 10.6. The van der Waals surface area contributed by atoms with Crippen LogP contribution in [0.4, 0.5) is 0 Å². The summed E-state index contributed by atoms with van der Waals surface area (Å²) in [6.45, 7) is 2.60. The first-order valence-electron chi connectivity index (χ1n) is 9.84. The zero-order valence-corrected chi connectivity index (χ0v) is 18.6. The van der Waals surface area contributed by atoms with Crippen LogP contribution in [0.2, 0.25) is 0 Å². The lowest BCUT2D eigenvalue weighted by molar-refractivity contribution is 0.0948. The molecule has 1 N–H and O–H groups in total. The van der Waals surface area contributed by atoms with Crippen molar-refractivity contribution in [3.63, 3.8) is 0 Å². The standard InChI is InChI=1S/C23H21BrN4O3/c1-2-3-10-27-15-20(21(29)26-14-17-7-4-8-18(24)11-17)22(30)28(23(27)31)19-9-5-6-16(12-19)13-25/h4-9,11-12,15H,2-3,10,14H2,1H3,(H,26,29). The quantitative estimate of drug-likeness (QED) is 0.560. The van der Waals surface area contributed by atoms with Crippen LogP contribution in [-0.4, -0.2) is 15.0 Å². The maximum Gasteiger partial charge on any atom is 0.335 e. The summed E-state index contributed by atoms with van der Waals surface area (Å²) in [7, 11) is 0. The number of unbranched alkanes of at least 4 members (excludes halogenated alkanes) is 1. The van der Waals surface area contributed by atoms with Crippen LogP contribution in [-0.2, 0) is 13.1 Å². The molecule has 7 nitrogen and oxygen atoms in total. The number of benzene rings is 2. The molecule has 0 bridgehead atoms. The molecule has 0 aliphatic heterocycles. The normalized spacial score (nSPS) is 10.5. The molecule has 0 atom stereocenters. The predicted octanol–water partition coefficient (Wildman–Crippen LogP) is 3.36. The molecule has 0 fully saturated rings. The number of nitriles is 1. The number of nitrogens with zero attached hydrogens (tertiary/aromatic N) is 3. The van der Waals surface area contributed by atoms with Gasteiger partial charge in [-0.25, -0.2) is 9.36 Å². The van der Waals surface area contributed by atoms with Gasteiger partial charge in [-0.3, -0.25) is 14.2 Å². The van der Waals surface area contributed by atoms with Gasteiger partial charge in [-0.05, 0) is 42.3 Å². The Balaban J connectivity index is 2.04. The number of aryl methyl sites for hydroxylation is 1. The molecule has 0 aliphatic carbocycles. The van der Waals surface area contributed by atoms with Crippen molar-refractivity contribution in [2.24, 2.45) is 0 Å². The van der Waals surface area contributed by atoms with Crippen molar-refractivity contribution in [2.45, 2.75) is 32.9 Å². The molecule has 3 rings (SSSR count). The molecule has 158 valence electrons. The van der Waals surface area contributed by atoms with E-state index in [1.165, 1.54) is 16.8 Å². The summed E-state index contributed by atoms with van der Waals surface area (Å²) < 4.78 is 3.20. The van der Waals surface area contributed by atoms with Crippen molar-refractivity contribution < 1.29 is 4.79 Å². The second-order valence-corrected chi connectivity index (χ2v) is 7.90. The Morgan fingerprint density at radius 3 is 2.65 bits per heavy atom. The number of rotatable bonds is 7. The van der Waals surface area contributed by atoms with Gasteiger partial charge in [0.1, 0.15) is 5.56 Å². The van der Waals surface area contributed by atoms with Gasteiger partial charge in [-0.15, -0.1) is 0 Å². The molecule has 1 heterocycles. The first kappa shape index (κ1) is 22.2. The Bertz CT molecular complexity index is 1270. The second kappa shape index (κ2) is 10.0. The minimum atomic E-state index is -0.723. The van der Waals surface area contributed by atoms with E-state index < -0.39 is 17.2 Å². The highest BCUT2D eigenvalue weighted by molar-refractivity contribution is 9.10. The fraction of sp³-hybridized carbons (Fsp3) is 0.217. The monoisotopic (exact) mass is 480 g/mol. The van der Waals surface area contributed by atoms with E-state index >= 15 is 0 Å². The van der Waals surface area contributed by atoms with E-state index in [1.807, 2.05) is 37.3 Å². The van der Waals surface area contributed by atoms with E-state index in [0.717, 1.165) is 27.4 Å². The summed E-state index contributed by atoms with van der Waals surface area (Å²) in [6, 6.07) is 15.7. The lowest BCUT2D eigenvalue weighted by atomic mass is 10.2. The molecule has 0 spiro atoms. The number of carbonyl (C=O) groups excluding carboxylic acids is 1. The maximum absolute atomic E-state index is 13.1. The Hall–Kier alpha value is -3.44. The third-order valence-electron chi connectivity index (χ3n) is 4.73. The summed E-state index contributed by atoms with van der Waals surface area (Å²) in [5.41, 5.74) is 0.0307. The van der Waals surface area contributed by atoms with Crippen molar-refractivity contribution in [1.29, 1.82) is 5.26 Å². The smallest absolute Gasteiger partial charge is 0.335 e. The van der Waals surface area contributed by atoms with Gasteiger partial charge in [0.05, 0.1) is 17.3 Å². The van der Waals surface area contributed by atoms with Gasteiger partial charge in [-0.1, -0.05) is 47.5 Å². The maximum atomic E-state index is 13.1. The van der Waals surface area contributed by atoms with Crippen molar-refractivity contribution >= 4 is 21.8 Å². The van der Waals surface area contributed by atoms with Crippen molar-refractivity contribution in [3.8, 4) is 11.8 Å². The topological polar surface area (TPSA) is 96.9 Å². The third-order valence-corrected chi connectivity index (χ3v) is 5.22. The predicted molar refractivity (Wildman–Crippen MR) is 121 cm³/mol. The fourth-order valence-electron chi connectivity index (χ4n) is 3.11. The van der Waals surface area contributed by atoms with Crippen LogP contribution in [0.5, 0.6) is 0 Å². The lowest BCUT2D eigenvalue weighted by Crippen LogP contribution is -2.43. The number of nitrogens with one attached hydrogen (secondary N) is 1. The van der Waals surface area contributed by atoms with Crippen LogP contribution in [0.15, 0.2) is 68.8 Å². The van der Waals surface area contributed by atoms with Crippen molar-refractivity contribution in [1.82, 2.24) is 14.5 Å². The van der Waals surface area contributed by atoms with Crippen LogP contribution < -0.4 is 16.6 Å². The number of aromatic nitrogens is 2. The van der Waals surface area contributed by atoms with Crippen molar-refractivity contribution in [3.05, 3.63) is 96.7 Å². The van der Waals surface area contributed by atoms with E-state index in [9.17, 15) is 19.6 Å². The van der Waals surface area contributed by atoms with Crippen LogP contribution >= 0.6 is 15.9 Å². The van der Waals surface area contributed by atoms with Crippen molar-refractivity contribution in [2.75, 3.05) is 0 Å². The number of amides is 1. The van der Waals surface area contributed by atoms with Gasteiger partial charge in [0.25, 0.3) is 11.5 Å². The molecule has 3 aromatic rings. The first-order chi connectivity index (χ1) is 14.9. The highest BCUT2D eigenvalue weighted by atomic mass is 79.9. The average Bonchev–Trinajstić information content (AvgIpc) is 2.77. The van der Waals surface area contributed by atoms with E-state index in [1.54, 1.807) is 18.2 Å². The largest absolute Gasteiger partial charge is 0.348 e. The van der Waals surface area contributed by atoms with Gasteiger partial charge in [-0.2, -0.15) is 5.26 Å². The summed E-state index contributed by atoms with van der Waals surface area (Å²) in [4.78, 5) is 39.0. The number of halogens is 1. The molecule has 31 heavy (non-hydrogen) atoms. The molecular formula is C23H21BrN4O3. The minimum absolute atomic E-state index is 0.131. The average molecular weight is 481 g/mol. The Labute approximate surface area is 187 Å². The molecule has 1 aromatic heterocycles. The summed E-state index contributed by atoms with van der Waals surface area (Å²) in [5, 5.41) is 11.9. The van der Waals surface area contributed by atoms with Crippen LogP contribution in [0, 0.1) is 11.3 Å². The van der Waals surface area contributed by atoms with Gasteiger partial charge in [0.15, 0.2) is 0 Å². The Morgan fingerprint density at radius 2 is 1.94 bits per heavy atom. The van der Waals surface area contributed by atoms with Crippen LogP contribution in [0.25, 0.3) is 5.69 Å². The lowest BCUT2D eigenvalue weighted by Gasteiger charge is -2.13. The summed E-state index contributed by atoms with van der Waals surface area (Å²) in [6.07, 6.45) is 2.89. The van der Waals surface area contributed by atoms with E-state index in [-0.39, 0.29) is 17.8 Å². The zero-order valence-electron chi connectivity index (χ0n) is 17.0. The van der Waals surface area contributed by atoms with E-state index in [0.29, 0.717) is 12.1 Å². The molecule has 0 radical (unpaired) electrons. The van der Waals surface area contributed by atoms with E-state index in [4.69, 9.17) is 0 Å². The molecule has 0 saturated carbocycles. The molecular weight excluding hydrogens is 460 g/mol. The highest BCUT2D eigenvalue weighted by Crippen LogP contribution is 2.11. The third kappa shape index (κ3) is 5.19. The molecule has 0 saturated heterocycles. The molecule has 0 aliphatic rings. The minimum Gasteiger partial charge on any atom is -0.348 e. The molecule has 1 amide bonds. The molecule has 0 unspecified atom stereocenters. The molecule has 8 heteroatoms. The Morgan fingerprint density at radius 1 is 1.16 bits per heavy atom. The summed E-state index contributed by atoms with van der Waals surface area (Å²) >= 11 is 3.39. The van der Waals surface area contributed by atoms with Gasteiger partial charge in [0.2, 0.25) is 0 Å². The Kier molecular flexibility index (Phi) is 7.21. The second-order valence-electron chi connectivity index (χ2n) is 6.99. The van der Waals surface area contributed by atoms with Gasteiger partial charge in [0, 0.05) is 23.8 Å². The zero-order chi connectivity index (χ0) is 22.4. The highest BCUT2D eigenvalue weighted by Gasteiger charge is 2.18. The van der Waals surface area contributed by atoms with Gasteiger partial charge < -0.3 is 5.32 Å². The van der Waals surface area contributed by atoms with Crippen LogP contribution in [0.1, 0.15) is 41.3 Å². The fourth-order valence-corrected chi connectivity index (χ4v) is 3.56. The van der Waals surface area contributed by atoms with Gasteiger partial charge >= 0.3 is 5.69 Å². The number of hydrogen-bond acceptors (Lipinski definition) is 4. The number of hydrogen-bond donors (Lipinski definition) is 1. The van der Waals surface area contributed by atoms with Crippen LogP contribution in [0.3, 0.4) is 0 Å². The number of carbonyl (C=O) groups is 1.